The highest BCUT2D eigenvalue weighted by atomic mass is 32.2. The first-order valence-electron chi connectivity index (χ1n) is 7.02. The number of aryl methyl sites for hydroxylation is 1. The van der Waals surface area contributed by atoms with E-state index in [9.17, 15) is 4.79 Å². The van der Waals surface area contributed by atoms with Gasteiger partial charge in [-0.3, -0.25) is 4.79 Å². The summed E-state index contributed by atoms with van der Waals surface area (Å²) in [6.45, 7) is 2.00. The van der Waals surface area contributed by atoms with Crippen LogP contribution in [0.4, 0.5) is 0 Å². The molecule has 0 spiro atoms. The van der Waals surface area contributed by atoms with Crippen LogP contribution in [0.2, 0.25) is 0 Å². The lowest BCUT2D eigenvalue weighted by atomic mass is 10.1. The van der Waals surface area contributed by atoms with Gasteiger partial charge in [-0.2, -0.15) is 11.8 Å². The van der Waals surface area contributed by atoms with Crippen molar-refractivity contribution >= 4 is 17.5 Å². The third kappa shape index (κ3) is 4.53. The summed E-state index contributed by atoms with van der Waals surface area (Å²) in [5.41, 5.74) is 2.19. The van der Waals surface area contributed by atoms with Gasteiger partial charge in [0.15, 0.2) is 5.78 Å². The van der Waals surface area contributed by atoms with Gasteiger partial charge in [0, 0.05) is 5.56 Å². The zero-order valence-corrected chi connectivity index (χ0v) is 12.6. The summed E-state index contributed by atoms with van der Waals surface area (Å²) in [5.74, 6) is 1.25. The molecule has 0 bridgehead atoms. The molecule has 0 aromatic heterocycles. The molecular formula is C18H20OS. The highest BCUT2D eigenvalue weighted by Gasteiger charge is 2.14. The largest absolute Gasteiger partial charge is 0.293 e. The minimum Gasteiger partial charge on any atom is -0.293 e. The lowest BCUT2D eigenvalue weighted by molar-refractivity contribution is 0.0994. The Hall–Kier alpha value is -1.54. The second-order valence-electron chi connectivity index (χ2n) is 4.83. The van der Waals surface area contributed by atoms with Crippen molar-refractivity contribution < 1.29 is 4.79 Å². The van der Waals surface area contributed by atoms with Gasteiger partial charge in [0.05, 0.1) is 5.25 Å². The lowest BCUT2D eigenvalue weighted by Crippen LogP contribution is -2.14. The van der Waals surface area contributed by atoms with Crippen LogP contribution in [0.25, 0.3) is 0 Å². The van der Waals surface area contributed by atoms with E-state index in [0.717, 1.165) is 24.2 Å². The fourth-order valence-electron chi connectivity index (χ4n) is 2.09. The van der Waals surface area contributed by atoms with Crippen LogP contribution in [-0.2, 0) is 6.42 Å². The number of carbonyl (C=O) groups excluding carboxylic acids is 1. The van der Waals surface area contributed by atoms with E-state index in [2.05, 4.69) is 24.3 Å². The first-order valence-corrected chi connectivity index (χ1v) is 8.07. The van der Waals surface area contributed by atoms with E-state index >= 15 is 0 Å². The molecule has 0 amide bonds. The molecule has 0 heterocycles. The monoisotopic (exact) mass is 284 g/mol. The molecule has 0 saturated carbocycles. The van der Waals surface area contributed by atoms with Crippen LogP contribution < -0.4 is 0 Å². The number of ketones is 1. The minimum absolute atomic E-state index is 0.0353. The van der Waals surface area contributed by atoms with Crippen molar-refractivity contribution in [2.24, 2.45) is 0 Å². The number of hydrogen-bond acceptors (Lipinski definition) is 2. The van der Waals surface area contributed by atoms with Gasteiger partial charge in [-0.25, -0.2) is 0 Å². The smallest absolute Gasteiger partial charge is 0.175 e. The molecule has 1 atom stereocenters. The Labute approximate surface area is 125 Å². The summed E-state index contributed by atoms with van der Waals surface area (Å²) in [6, 6.07) is 20.1. The number of hydrogen-bond donors (Lipinski definition) is 0. The molecule has 20 heavy (non-hydrogen) atoms. The fraction of sp³-hybridized carbons (Fsp3) is 0.278. The van der Waals surface area contributed by atoms with Crippen molar-refractivity contribution in [3.05, 3.63) is 71.8 Å². The quantitative estimate of drug-likeness (QED) is 0.545. The molecular weight excluding hydrogens is 264 g/mol. The Morgan fingerprint density at radius 2 is 1.60 bits per heavy atom. The molecule has 2 heteroatoms. The van der Waals surface area contributed by atoms with E-state index in [1.165, 1.54) is 5.56 Å². The molecule has 1 nitrogen and oxygen atoms in total. The van der Waals surface area contributed by atoms with E-state index in [4.69, 9.17) is 0 Å². The zero-order chi connectivity index (χ0) is 14.2. The van der Waals surface area contributed by atoms with Crippen LogP contribution in [0.3, 0.4) is 0 Å². The average molecular weight is 284 g/mol. The molecule has 1 unspecified atom stereocenters. The molecule has 0 saturated heterocycles. The molecule has 0 radical (unpaired) electrons. The third-order valence-electron chi connectivity index (χ3n) is 3.25. The maximum absolute atomic E-state index is 12.2. The minimum atomic E-state index is 0.0353. The SMILES string of the molecule is CC(SCCCc1ccccc1)C(=O)c1ccccc1. The standard InChI is InChI=1S/C18H20OS/c1-15(18(19)17-12-6-3-7-13-17)20-14-8-11-16-9-4-2-5-10-16/h2-7,9-10,12-13,15H,8,11,14H2,1H3. The summed E-state index contributed by atoms with van der Waals surface area (Å²) >= 11 is 1.75. The van der Waals surface area contributed by atoms with Crippen molar-refractivity contribution in [1.29, 1.82) is 0 Å². The molecule has 2 rings (SSSR count). The molecule has 2 aromatic rings. The number of Topliss-reactive ketones (excluding diaryl/α,β-unsaturated/α-hetero) is 1. The Bertz CT molecular complexity index is 522. The van der Waals surface area contributed by atoms with Crippen LogP contribution in [-0.4, -0.2) is 16.8 Å². The van der Waals surface area contributed by atoms with Crippen molar-refractivity contribution in [2.45, 2.75) is 25.0 Å². The summed E-state index contributed by atoms with van der Waals surface area (Å²) in [5, 5.41) is 0.0353. The summed E-state index contributed by atoms with van der Waals surface area (Å²) in [6.07, 6.45) is 2.20. The molecule has 2 aromatic carbocycles. The van der Waals surface area contributed by atoms with Gasteiger partial charge in [0.1, 0.15) is 0 Å². The summed E-state index contributed by atoms with van der Waals surface area (Å²) < 4.78 is 0. The lowest BCUT2D eigenvalue weighted by Gasteiger charge is -2.10. The van der Waals surface area contributed by atoms with Gasteiger partial charge in [-0.05, 0) is 31.1 Å². The molecule has 0 aliphatic heterocycles. The van der Waals surface area contributed by atoms with Crippen molar-refractivity contribution in [2.75, 3.05) is 5.75 Å². The van der Waals surface area contributed by atoms with E-state index in [0.29, 0.717) is 0 Å². The number of carbonyl (C=O) groups is 1. The maximum atomic E-state index is 12.2. The Morgan fingerprint density at radius 1 is 1.00 bits per heavy atom. The van der Waals surface area contributed by atoms with Gasteiger partial charge in [0.25, 0.3) is 0 Å². The normalized spacial score (nSPS) is 12.1. The van der Waals surface area contributed by atoms with E-state index in [1.54, 1.807) is 11.8 Å². The molecule has 0 aliphatic carbocycles. The van der Waals surface area contributed by atoms with Gasteiger partial charge in [-0.15, -0.1) is 0 Å². The van der Waals surface area contributed by atoms with Crippen molar-refractivity contribution in [3.63, 3.8) is 0 Å². The number of rotatable bonds is 7. The maximum Gasteiger partial charge on any atom is 0.175 e. The number of thioether (sulfide) groups is 1. The second kappa shape index (κ2) is 7.91. The van der Waals surface area contributed by atoms with Crippen LogP contribution >= 0.6 is 11.8 Å². The summed E-state index contributed by atoms with van der Waals surface area (Å²) in [4.78, 5) is 12.2. The van der Waals surface area contributed by atoms with Crippen LogP contribution in [0, 0.1) is 0 Å². The zero-order valence-electron chi connectivity index (χ0n) is 11.8. The van der Waals surface area contributed by atoms with Crippen LogP contribution in [0.5, 0.6) is 0 Å². The highest BCUT2D eigenvalue weighted by molar-refractivity contribution is 8.00. The van der Waals surface area contributed by atoms with Gasteiger partial charge >= 0.3 is 0 Å². The second-order valence-corrected chi connectivity index (χ2v) is 6.28. The van der Waals surface area contributed by atoms with E-state index in [1.807, 2.05) is 43.3 Å². The molecule has 0 N–H and O–H groups in total. The topological polar surface area (TPSA) is 17.1 Å². The van der Waals surface area contributed by atoms with Crippen molar-refractivity contribution in [1.82, 2.24) is 0 Å². The van der Waals surface area contributed by atoms with Gasteiger partial charge < -0.3 is 0 Å². The van der Waals surface area contributed by atoms with E-state index in [-0.39, 0.29) is 11.0 Å². The number of benzene rings is 2. The fourth-order valence-corrected chi connectivity index (χ4v) is 3.05. The Kier molecular flexibility index (Phi) is 5.87. The van der Waals surface area contributed by atoms with Crippen LogP contribution in [0.15, 0.2) is 60.7 Å². The first-order chi connectivity index (χ1) is 9.77. The predicted octanol–water partition coefficient (Wildman–Crippen LogP) is 4.62. The molecule has 104 valence electrons. The molecule has 0 aliphatic rings. The Morgan fingerprint density at radius 3 is 2.25 bits per heavy atom. The summed E-state index contributed by atoms with van der Waals surface area (Å²) in [7, 11) is 0. The van der Waals surface area contributed by atoms with Crippen molar-refractivity contribution in [3.8, 4) is 0 Å². The predicted molar refractivity (Wildman–Crippen MR) is 87.5 cm³/mol. The van der Waals surface area contributed by atoms with Gasteiger partial charge in [-0.1, -0.05) is 60.7 Å². The molecule has 0 fully saturated rings. The van der Waals surface area contributed by atoms with Crippen LogP contribution in [0.1, 0.15) is 29.3 Å². The Balaban J connectivity index is 1.73. The highest BCUT2D eigenvalue weighted by Crippen LogP contribution is 2.18. The van der Waals surface area contributed by atoms with E-state index < -0.39 is 0 Å². The third-order valence-corrected chi connectivity index (χ3v) is 4.49. The average Bonchev–Trinajstić information content (AvgIpc) is 2.52. The van der Waals surface area contributed by atoms with Gasteiger partial charge in [0.2, 0.25) is 0 Å². The first kappa shape index (κ1) is 14.9.